The average molecular weight is 225 g/mol. The molecule has 0 bridgehead atoms. The van der Waals surface area contributed by atoms with Gasteiger partial charge in [-0.15, -0.1) is 11.8 Å². The van der Waals surface area contributed by atoms with Crippen molar-refractivity contribution in [3.63, 3.8) is 0 Å². The van der Waals surface area contributed by atoms with E-state index in [2.05, 4.69) is 5.32 Å². The zero-order chi connectivity index (χ0) is 10.8. The summed E-state index contributed by atoms with van der Waals surface area (Å²) in [6.07, 6.45) is 0.862. The minimum Gasteiger partial charge on any atom is -0.349 e. The number of carbonyl (C=O) groups excluding carboxylic acids is 1. The number of carbonyl (C=O) groups is 1. The molecule has 1 atom stereocenters. The van der Waals surface area contributed by atoms with Crippen LogP contribution in [-0.2, 0) is 4.79 Å². The molecule has 0 spiro atoms. The molecule has 1 aromatic carbocycles. The van der Waals surface area contributed by atoms with Crippen molar-refractivity contribution >= 4 is 17.7 Å². The van der Waals surface area contributed by atoms with Gasteiger partial charge in [-0.2, -0.15) is 0 Å². The third kappa shape index (κ3) is 2.31. The van der Waals surface area contributed by atoms with Crippen molar-refractivity contribution < 1.29 is 9.18 Å². The Hall–Kier alpha value is -1.03. The maximum Gasteiger partial charge on any atom is 0.217 e. The Balaban J connectivity index is 2.32. The van der Waals surface area contributed by atoms with Crippen molar-refractivity contribution in [1.82, 2.24) is 5.32 Å². The first-order valence-electron chi connectivity index (χ1n) is 4.86. The monoisotopic (exact) mass is 225 g/mol. The fourth-order valence-electron chi connectivity index (χ4n) is 1.76. The molecule has 80 valence electrons. The highest BCUT2D eigenvalue weighted by atomic mass is 32.2. The van der Waals surface area contributed by atoms with Crippen LogP contribution in [0.4, 0.5) is 4.39 Å². The molecule has 15 heavy (non-hydrogen) atoms. The highest BCUT2D eigenvalue weighted by Crippen LogP contribution is 2.36. The van der Waals surface area contributed by atoms with Crippen LogP contribution in [0.2, 0.25) is 0 Å². The number of nitrogens with one attached hydrogen (secondary N) is 1. The predicted octanol–water partition coefficient (Wildman–Crippen LogP) is 2.50. The van der Waals surface area contributed by atoms with Gasteiger partial charge in [0, 0.05) is 17.6 Å². The van der Waals surface area contributed by atoms with Crippen molar-refractivity contribution in [2.75, 3.05) is 5.75 Å². The van der Waals surface area contributed by atoms with Crippen LogP contribution in [0.1, 0.15) is 24.9 Å². The van der Waals surface area contributed by atoms with Crippen LogP contribution >= 0.6 is 11.8 Å². The number of fused-ring (bicyclic) bond motifs is 1. The molecule has 4 heteroatoms. The first-order chi connectivity index (χ1) is 7.16. The zero-order valence-corrected chi connectivity index (χ0v) is 9.23. The number of hydrogen-bond donors (Lipinski definition) is 1. The molecular weight excluding hydrogens is 213 g/mol. The number of hydrogen-bond acceptors (Lipinski definition) is 2. The largest absolute Gasteiger partial charge is 0.349 e. The van der Waals surface area contributed by atoms with Gasteiger partial charge in [0.1, 0.15) is 5.82 Å². The van der Waals surface area contributed by atoms with Crippen LogP contribution in [0, 0.1) is 5.82 Å². The lowest BCUT2D eigenvalue weighted by Crippen LogP contribution is -2.28. The van der Waals surface area contributed by atoms with Crippen LogP contribution in [-0.4, -0.2) is 11.7 Å². The smallest absolute Gasteiger partial charge is 0.217 e. The summed E-state index contributed by atoms with van der Waals surface area (Å²) in [6, 6.07) is 4.72. The maximum atomic E-state index is 13.1. The lowest BCUT2D eigenvalue weighted by atomic mass is 10.0. The van der Waals surface area contributed by atoms with Gasteiger partial charge in [-0.25, -0.2) is 4.39 Å². The van der Waals surface area contributed by atoms with Crippen LogP contribution < -0.4 is 5.32 Å². The SMILES string of the molecule is CC(=O)NC1CCSc2ccc(F)cc21. The normalized spacial score (nSPS) is 19.5. The van der Waals surface area contributed by atoms with E-state index in [-0.39, 0.29) is 17.8 Å². The Morgan fingerprint density at radius 1 is 1.60 bits per heavy atom. The zero-order valence-electron chi connectivity index (χ0n) is 8.42. The summed E-state index contributed by atoms with van der Waals surface area (Å²) in [4.78, 5) is 12.1. The summed E-state index contributed by atoms with van der Waals surface area (Å²) in [5, 5.41) is 2.85. The van der Waals surface area contributed by atoms with Crippen molar-refractivity contribution in [3.05, 3.63) is 29.6 Å². The molecule has 0 aromatic heterocycles. The van der Waals surface area contributed by atoms with E-state index in [1.807, 2.05) is 0 Å². The number of rotatable bonds is 1. The van der Waals surface area contributed by atoms with Crippen molar-refractivity contribution in [1.29, 1.82) is 0 Å². The van der Waals surface area contributed by atoms with Gasteiger partial charge in [0.15, 0.2) is 0 Å². The second-order valence-corrected chi connectivity index (χ2v) is 4.71. The molecule has 2 rings (SSSR count). The Bertz CT molecular complexity index is 394. The van der Waals surface area contributed by atoms with Gasteiger partial charge in [-0.05, 0) is 30.2 Å². The first kappa shape index (κ1) is 10.5. The van der Waals surface area contributed by atoms with Crippen LogP contribution in [0.5, 0.6) is 0 Å². The topological polar surface area (TPSA) is 29.1 Å². The third-order valence-electron chi connectivity index (χ3n) is 2.39. The van der Waals surface area contributed by atoms with E-state index in [0.717, 1.165) is 22.6 Å². The lowest BCUT2D eigenvalue weighted by Gasteiger charge is -2.25. The van der Waals surface area contributed by atoms with E-state index in [0.29, 0.717) is 0 Å². The van der Waals surface area contributed by atoms with Gasteiger partial charge in [-0.1, -0.05) is 0 Å². The lowest BCUT2D eigenvalue weighted by molar-refractivity contribution is -0.119. The van der Waals surface area contributed by atoms with Crippen molar-refractivity contribution in [2.45, 2.75) is 24.3 Å². The van der Waals surface area contributed by atoms with Crippen molar-refractivity contribution in [2.24, 2.45) is 0 Å². The van der Waals surface area contributed by atoms with Gasteiger partial charge >= 0.3 is 0 Å². The Labute approximate surface area is 92.3 Å². The number of halogens is 1. The summed E-state index contributed by atoms with van der Waals surface area (Å²) in [5.41, 5.74) is 0.904. The van der Waals surface area contributed by atoms with Gasteiger partial charge < -0.3 is 5.32 Å². The van der Waals surface area contributed by atoms with E-state index in [9.17, 15) is 9.18 Å². The minimum absolute atomic E-state index is 0.0329. The highest BCUT2D eigenvalue weighted by molar-refractivity contribution is 7.99. The van der Waals surface area contributed by atoms with Gasteiger partial charge in [-0.3, -0.25) is 4.79 Å². The summed E-state index contributed by atoms with van der Waals surface area (Å²) in [5.74, 6) is 0.651. The van der Waals surface area contributed by atoms with E-state index >= 15 is 0 Å². The second-order valence-electron chi connectivity index (χ2n) is 3.57. The second kappa shape index (κ2) is 4.23. The maximum absolute atomic E-state index is 13.1. The molecule has 1 amide bonds. The molecule has 1 heterocycles. The summed E-state index contributed by atoms with van der Waals surface area (Å²) in [6.45, 7) is 1.49. The Kier molecular flexibility index (Phi) is 2.95. The molecule has 2 nitrogen and oxygen atoms in total. The van der Waals surface area contributed by atoms with Gasteiger partial charge in [0.2, 0.25) is 5.91 Å². The van der Waals surface area contributed by atoms with Crippen LogP contribution in [0.25, 0.3) is 0 Å². The third-order valence-corrected chi connectivity index (χ3v) is 3.51. The van der Waals surface area contributed by atoms with E-state index in [1.165, 1.54) is 19.1 Å². The molecule has 1 aromatic rings. The molecule has 0 fully saturated rings. The summed E-state index contributed by atoms with van der Waals surface area (Å²) >= 11 is 1.71. The standard InChI is InChI=1S/C11H12FNOS/c1-7(14)13-10-4-5-15-11-3-2-8(12)6-9(10)11/h2-3,6,10H,4-5H2,1H3,(H,13,14). The summed E-state index contributed by atoms with van der Waals surface area (Å²) < 4.78 is 13.1. The molecule has 0 aliphatic carbocycles. The Morgan fingerprint density at radius 3 is 3.13 bits per heavy atom. The molecular formula is C11H12FNOS. The molecule has 1 unspecified atom stereocenters. The predicted molar refractivity (Wildman–Crippen MR) is 58.3 cm³/mol. The molecule has 1 aliphatic rings. The molecule has 1 N–H and O–H groups in total. The average Bonchev–Trinajstić information content (AvgIpc) is 2.18. The van der Waals surface area contributed by atoms with Gasteiger partial charge in [0.05, 0.1) is 6.04 Å². The quantitative estimate of drug-likeness (QED) is 0.795. The fourth-order valence-corrected chi connectivity index (χ4v) is 2.87. The number of amides is 1. The minimum atomic E-state index is -0.244. The van der Waals surface area contributed by atoms with E-state index in [4.69, 9.17) is 0 Å². The Morgan fingerprint density at radius 2 is 2.40 bits per heavy atom. The molecule has 0 saturated carbocycles. The van der Waals surface area contributed by atoms with Gasteiger partial charge in [0.25, 0.3) is 0 Å². The number of benzene rings is 1. The molecule has 0 radical (unpaired) electrons. The highest BCUT2D eigenvalue weighted by Gasteiger charge is 2.21. The summed E-state index contributed by atoms with van der Waals surface area (Å²) in [7, 11) is 0. The molecule has 0 saturated heterocycles. The first-order valence-corrected chi connectivity index (χ1v) is 5.85. The van der Waals surface area contributed by atoms with Crippen molar-refractivity contribution in [3.8, 4) is 0 Å². The number of thioether (sulfide) groups is 1. The van der Waals surface area contributed by atoms with E-state index < -0.39 is 0 Å². The van der Waals surface area contributed by atoms with Crippen LogP contribution in [0.15, 0.2) is 23.1 Å². The fraction of sp³-hybridized carbons (Fsp3) is 0.364. The van der Waals surface area contributed by atoms with Crippen LogP contribution in [0.3, 0.4) is 0 Å². The van der Waals surface area contributed by atoms with E-state index in [1.54, 1.807) is 17.8 Å². The molecule has 1 aliphatic heterocycles.